The van der Waals surface area contributed by atoms with Gasteiger partial charge in [0.15, 0.2) is 0 Å². The Hall–Kier alpha value is -2.12. The summed E-state index contributed by atoms with van der Waals surface area (Å²) >= 11 is 0. The van der Waals surface area contributed by atoms with Crippen molar-refractivity contribution >= 4 is 17.1 Å². The molecule has 0 aromatic heterocycles. The molecule has 1 aromatic carbocycles. The van der Waals surface area contributed by atoms with Crippen molar-refractivity contribution in [3.63, 3.8) is 0 Å². The second kappa shape index (κ2) is 7.63. The van der Waals surface area contributed by atoms with Gasteiger partial charge in [0.1, 0.15) is 5.69 Å². The van der Waals surface area contributed by atoms with Gasteiger partial charge in [-0.2, -0.15) is 18.3 Å². The molecule has 1 fully saturated rings. The highest BCUT2D eigenvalue weighted by molar-refractivity contribution is 5.86. The standard InChI is InChI=1S/C16H20F3N3O2/c1-2-3-11-4-7-13(8-5-11)20-21-14-9-6-12(16(17,18)19)10-15(14)22(23)24/h6,9-11,21H,2-5,7-8H2,1H3. The van der Waals surface area contributed by atoms with Gasteiger partial charge in [0.25, 0.3) is 5.69 Å². The number of nitrogens with zero attached hydrogens (tertiary/aromatic N) is 2. The van der Waals surface area contributed by atoms with Crippen LogP contribution >= 0.6 is 0 Å². The number of halogens is 3. The van der Waals surface area contributed by atoms with E-state index >= 15 is 0 Å². The minimum absolute atomic E-state index is 0.0313. The topological polar surface area (TPSA) is 67.5 Å². The molecule has 0 radical (unpaired) electrons. The van der Waals surface area contributed by atoms with E-state index in [1.54, 1.807) is 0 Å². The molecule has 2 rings (SSSR count). The van der Waals surface area contributed by atoms with Crippen LogP contribution in [0.5, 0.6) is 0 Å². The number of nitro groups is 1. The Bertz CT molecular complexity index is 619. The number of alkyl halides is 3. The van der Waals surface area contributed by atoms with Crippen molar-refractivity contribution in [1.29, 1.82) is 0 Å². The van der Waals surface area contributed by atoms with E-state index in [4.69, 9.17) is 0 Å². The van der Waals surface area contributed by atoms with Crippen LogP contribution in [0.15, 0.2) is 23.3 Å². The van der Waals surface area contributed by atoms with Crippen LogP contribution < -0.4 is 5.43 Å². The van der Waals surface area contributed by atoms with Crippen LogP contribution in [0, 0.1) is 16.0 Å². The summed E-state index contributed by atoms with van der Waals surface area (Å²) in [4.78, 5) is 10.2. The highest BCUT2D eigenvalue weighted by Crippen LogP contribution is 2.35. The molecule has 0 spiro atoms. The van der Waals surface area contributed by atoms with Gasteiger partial charge in [0.2, 0.25) is 0 Å². The number of benzene rings is 1. The number of rotatable bonds is 5. The summed E-state index contributed by atoms with van der Waals surface area (Å²) in [5, 5.41) is 15.2. The van der Waals surface area contributed by atoms with Crippen LogP contribution in [-0.2, 0) is 6.18 Å². The van der Waals surface area contributed by atoms with Crippen LogP contribution in [0.4, 0.5) is 24.5 Å². The minimum atomic E-state index is -4.62. The van der Waals surface area contributed by atoms with Crippen molar-refractivity contribution in [3.8, 4) is 0 Å². The van der Waals surface area contributed by atoms with Crippen LogP contribution in [0.1, 0.15) is 51.0 Å². The lowest BCUT2D eigenvalue weighted by molar-refractivity contribution is -0.384. The summed E-state index contributed by atoms with van der Waals surface area (Å²) in [5.74, 6) is 0.689. The third kappa shape index (κ3) is 4.69. The van der Waals surface area contributed by atoms with Gasteiger partial charge in [-0.1, -0.05) is 19.8 Å². The van der Waals surface area contributed by atoms with Crippen LogP contribution in [0.25, 0.3) is 0 Å². The molecule has 1 N–H and O–H groups in total. The fourth-order valence-corrected chi connectivity index (χ4v) is 2.91. The van der Waals surface area contributed by atoms with E-state index in [1.165, 1.54) is 6.42 Å². The molecular weight excluding hydrogens is 323 g/mol. The normalized spacial score (nSPS) is 18.3. The number of hydrogen-bond donors (Lipinski definition) is 1. The van der Waals surface area contributed by atoms with E-state index < -0.39 is 22.4 Å². The Morgan fingerprint density at radius 3 is 2.54 bits per heavy atom. The zero-order valence-corrected chi connectivity index (χ0v) is 13.4. The molecule has 1 aliphatic rings. The fourth-order valence-electron chi connectivity index (χ4n) is 2.91. The molecular formula is C16H20F3N3O2. The molecule has 0 amide bonds. The van der Waals surface area contributed by atoms with E-state index in [1.807, 2.05) is 0 Å². The largest absolute Gasteiger partial charge is 0.416 e. The number of anilines is 1. The number of nitro benzene ring substituents is 1. The second-order valence-corrected chi connectivity index (χ2v) is 6.01. The monoisotopic (exact) mass is 343 g/mol. The molecule has 1 aromatic rings. The first kappa shape index (κ1) is 18.2. The summed E-state index contributed by atoms with van der Waals surface area (Å²) < 4.78 is 38.0. The lowest BCUT2D eigenvalue weighted by atomic mass is 9.85. The Labute approximate surface area is 138 Å². The molecule has 24 heavy (non-hydrogen) atoms. The Kier molecular flexibility index (Phi) is 5.80. The van der Waals surface area contributed by atoms with Gasteiger partial charge in [0, 0.05) is 11.8 Å². The van der Waals surface area contributed by atoms with Gasteiger partial charge in [-0.25, -0.2) is 0 Å². The average molecular weight is 343 g/mol. The summed E-state index contributed by atoms with van der Waals surface area (Å²) in [7, 11) is 0. The maximum atomic E-state index is 12.7. The molecule has 0 heterocycles. The van der Waals surface area contributed by atoms with Crippen LogP contribution in [0.2, 0.25) is 0 Å². The smallest absolute Gasteiger partial charge is 0.272 e. The molecule has 5 nitrogen and oxygen atoms in total. The van der Waals surface area contributed by atoms with Crippen molar-refractivity contribution in [3.05, 3.63) is 33.9 Å². The quantitative estimate of drug-likeness (QED) is 0.577. The predicted octanol–water partition coefficient (Wildman–Crippen LogP) is 5.37. The lowest BCUT2D eigenvalue weighted by Crippen LogP contribution is -2.15. The van der Waals surface area contributed by atoms with Crippen LogP contribution in [0.3, 0.4) is 0 Å². The number of nitrogens with one attached hydrogen (secondary N) is 1. The first-order chi connectivity index (χ1) is 11.3. The van der Waals surface area contributed by atoms with Crippen molar-refractivity contribution < 1.29 is 18.1 Å². The molecule has 8 heteroatoms. The van der Waals surface area contributed by atoms with Gasteiger partial charge >= 0.3 is 6.18 Å². The maximum Gasteiger partial charge on any atom is 0.416 e. The number of hydrazone groups is 1. The summed E-state index contributed by atoms with van der Waals surface area (Å²) in [6, 6.07) is 2.39. The highest BCUT2D eigenvalue weighted by Gasteiger charge is 2.33. The molecule has 132 valence electrons. The SMILES string of the molecule is CCCC1CCC(=NNc2ccc(C(F)(F)F)cc2[N+](=O)[O-])CC1. The molecule has 1 aliphatic carbocycles. The Balaban J connectivity index is 2.10. The van der Waals surface area contributed by atoms with Gasteiger partial charge < -0.3 is 0 Å². The predicted molar refractivity (Wildman–Crippen MR) is 86.0 cm³/mol. The van der Waals surface area contributed by atoms with E-state index in [0.717, 1.165) is 49.9 Å². The first-order valence-electron chi connectivity index (χ1n) is 7.98. The van der Waals surface area contributed by atoms with Gasteiger partial charge in [0.05, 0.1) is 10.5 Å². The molecule has 0 atom stereocenters. The minimum Gasteiger partial charge on any atom is -0.272 e. The van der Waals surface area contributed by atoms with E-state index in [0.29, 0.717) is 12.0 Å². The van der Waals surface area contributed by atoms with Crippen LogP contribution in [-0.4, -0.2) is 10.6 Å². The fraction of sp³-hybridized carbons (Fsp3) is 0.562. The second-order valence-electron chi connectivity index (χ2n) is 6.01. The molecule has 1 saturated carbocycles. The van der Waals surface area contributed by atoms with Gasteiger partial charge in [-0.3, -0.25) is 15.5 Å². The summed E-state index contributed by atoms with van der Waals surface area (Å²) in [5.41, 5.74) is 1.76. The molecule has 0 bridgehead atoms. The molecule has 0 saturated heterocycles. The highest BCUT2D eigenvalue weighted by atomic mass is 19.4. The van der Waals surface area contributed by atoms with E-state index in [9.17, 15) is 23.3 Å². The third-order valence-electron chi connectivity index (χ3n) is 4.24. The Morgan fingerprint density at radius 1 is 1.33 bits per heavy atom. The Morgan fingerprint density at radius 2 is 2.00 bits per heavy atom. The van der Waals surface area contributed by atoms with Crippen molar-refractivity contribution in [2.24, 2.45) is 11.0 Å². The van der Waals surface area contributed by atoms with Crippen molar-refractivity contribution in [2.75, 3.05) is 5.43 Å². The van der Waals surface area contributed by atoms with Crippen molar-refractivity contribution in [2.45, 2.75) is 51.6 Å². The third-order valence-corrected chi connectivity index (χ3v) is 4.24. The maximum absolute atomic E-state index is 12.7. The van der Waals surface area contributed by atoms with Crippen molar-refractivity contribution in [1.82, 2.24) is 0 Å². The van der Waals surface area contributed by atoms with Gasteiger partial charge in [-0.05, 0) is 43.7 Å². The molecule has 0 aliphatic heterocycles. The van der Waals surface area contributed by atoms with E-state index in [2.05, 4.69) is 17.5 Å². The average Bonchev–Trinajstić information content (AvgIpc) is 2.53. The summed E-state index contributed by atoms with van der Waals surface area (Å²) in [6.07, 6.45) is 1.40. The number of hydrogen-bond acceptors (Lipinski definition) is 4. The lowest BCUT2D eigenvalue weighted by Gasteiger charge is -2.22. The first-order valence-corrected chi connectivity index (χ1v) is 7.98. The van der Waals surface area contributed by atoms with Gasteiger partial charge in [-0.15, -0.1) is 0 Å². The molecule has 0 unspecified atom stereocenters. The zero-order valence-electron chi connectivity index (χ0n) is 13.4. The van der Waals surface area contributed by atoms with E-state index in [-0.39, 0.29) is 5.69 Å². The summed E-state index contributed by atoms with van der Waals surface area (Å²) in [6.45, 7) is 2.15. The zero-order chi connectivity index (χ0) is 17.7.